The van der Waals surface area contributed by atoms with Crippen molar-refractivity contribution in [3.05, 3.63) is 22.1 Å². The van der Waals surface area contributed by atoms with E-state index in [4.69, 9.17) is 0 Å². The van der Waals surface area contributed by atoms with Crippen LogP contribution in [-0.2, 0) is 7.05 Å². The van der Waals surface area contributed by atoms with Crippen LogP contribution in [0.25, 0.3) is 0 Å². The number of nitrogens with zero attached hydrogens (tertiary/aromatic N) is 4. The lowest BCUT2D eigenvalue weighted by atomic mass is 10.4. The minimum atomic E-state index is -0.228. The predicted octanol–water partition coefficient (Wildman–Crippen LogP) is 0.310. The van der Waals surface area contributed by atoms with Gasteiger partial charge in [0.2, 0.25) is 5.95 Å². The molecule has 0 radical (unpaired) electrons. The molecule has 0 aliphatic heterocycles. The monoisotopic (exact) mass is 194 g/mol. The van der Waals surface area contributed by atoms with Crippen LogP contribution in [-0.4, -0.2) is 34.9 Å². The summed E-state index contributed by atoms with van der Waals surface area (Å²) in [4.78, 5) is 20.9. The van der Waals surface area contributed by atoms with Crippen molar-refractivity contribution in [2.24, 2.45) is 12.0 Å². The van der Waals surface area contributed by atoms with Crippen LogP contribution in [0.2, 0.25) is 0 Å². The molecule has 14 heavy (non-hydrogen) atoms. The topological polar surface area (TPSA) is 50.5 Å². The van der Waals surface area contributed by atoms with Gasteiger partial charge >= 0.3 is 0 Å². The van der Waals surface area contributed by atoms with Crippen molar-refractivity contribution in [3.63, 3.8) is 0 Å². The van der Waals surface area contributed by atoms with Gasteiger partial charge in [-0.3, -0.25) is 4.79 Å². The van der Waals surface area contributed by atoms with Crippen LogP contribution in [0.1, 0.15) is 5.56 Å². The molecule has 76 valence electrons. The second-order valence-corrected chi connectivity index (χ2v) is 3.35. The Morgan fingerprint density at radius 3 is 2.79 bits per heavy atom. The van der Waals surface area contributed by atoms with Gasteiger partial charge in [-0.2, -0.15) is 4.98 Å². The third-order valence-electron chi connectivity index (χ3n) is 1.65. The van der Waals surface area contributed by atoms with Crippen molar-refractivity contribution < 1.29 is 0 Å². The smallest absolute Gasteiger partial charge is 0.277 e. The molecule has 0 aromatic carbocycles. The zero-order chi connectivity index (χ0) is 10.7. The fourth-order valence-electron chi connectivity index (χ4n) is 0.948. The number of rotatable bonds is 2. The number of aromatic nitrogens is 2. The fourth-order valence-corrected chi connectivity index (χ4v) is 0.948. The Balaban J connectivity index is 3.10. The molecule has 1 aromatic heterocycles. The standard InChI is InChI=1S/C9H14N4O/c1-7-5-13(4)9(11-8(7)14)10-6-12(2)3/h5-6H,1-4H3/b10-6+. The van der Waals surface area contributed by atoms with Gasteiger partial charge in [-0.15, -0.1) is 0 Å². The summed E-state index contributed by atoms with van der Waals surface area (Å²) in [5, 5.41) is 0. The van der Waals surface area contributed by atoms with E-state index >= 15 is 0 Å². The normalized spacial score (nSPS) is 10.9. The summed E-state index contributed by atoms with van der Waals surface area (Å²) in [6, 6.07) is 0. The van der Waals surface area contributed by atoms with E-state index in [0.29, 0.717) is 11.5 Å². The summed E-state index contributed by atoms with van der Waals surface area (Å²) >= 11 is 0. The largest absolute Gasteiger partial charge is 0.369 e. The highest BCUT2D eigenvalue weighted by Crippen LogP contribution is 2.02. The van der Waals surface area contributed by atoms with Gasteiger partial charge in [-0.1, -0.05) is 0 Å². The quantitative estimate of drug-likeness (QED) is 0.503. The minimum absolute atomic E-state index is 0.228. The maximum absolute atomic E-state index is 11.2. The van der Waals surface area contributed by atoms with Crippen LogP contribution in [0.3, 0.4) is 0 Å². The van der Waals surface area contributed by atoms with Gasteiger partial charge in [-0.25, -0.2) is 4.99 Å². The molecule has 1 aromatic rings. The van der Waals surface area contributed by atoms with Gasteiger partial charge in [0.1, 0.15) is 0 Å². The zero-order valence-corrected chi connectivity index (χ0v) is 8.85. The molecule has 5 heteroatoms. The van der Waals surface area contributed by atoms with Gasteiger partial charge in [0.25, 0.3) is 5.56 Å². The molecule has 0 aliphatic rings. The lowest BCUT2D eigenvalue weighted by Gasteiger charge is -2.05. The van der Waals surface area contributed by atoms with E-state index in [2.05, 4.69) is 9.98 Å². The lowest BCUT2D eigenvalue weighted by Crippen LogP contribution is -2.14. The van der Waals surface area contributed by atoms with Gasteiger partial charge in [-0.05, 0) is 6.92 Å². The van der Waals surface area contributed by atoms with E-state index in [1.807, 2.05) is 21.1 Å². The van der Waals surface area contributed by atoms with Crippen molar-refractivity contribution >= 4 is 12.3 Å². The first kappa shape index (κ1) is 10.4. The molecule has 0 saturated heterocycles. The van der Waals surface area contributed by atoms with Gasteiger partial charge in [0.15, 0.2) is 0 Å². The SMILES string of the molecule is Cc1cn(C)c(/N=C/N(C)C)nc1=O. The number of aryl methyl sites for hydroxylation is 2. The van der Waals surface area contributed by atoms with Gasteiger partial charge in [0.05, 0.1) is 6.34 Å². The molecule has 0 amide bonds. The van der Waals surface area contributed by atoms with Crippen molar-refractivity contribution in [2.75, 3.05) is 14.1 Å². The molecule has 0 saturated carbocycles. The van der Waals surface area contributed by atoms with Crippen LogP contribution in [0, 0.1) is 6.92 Å². The first-order chi connectivity index (χ1) is 6.50. The summed E-state index contributed by atoms with van der Waals surface area (Å²) in [6.07, 6.45) is 3.33. The molecule has 0 fully saturated rings. The Bertz CT molecular complexity index is 406. The van der Waals surface area contributed by atoms with Crippen molar-refractivity contribution in [1.82, 2.24) is 14.5 Å². The first-order valence-corrected chi connectivity index (χ1v) is 4.25. The molecule has 0 bridgehead atoms. The van der Waals surface area contributed by atoms with Gasteiger partial charge in [0, 0.05) is 32.9 Å². The highest BCUT2D eigenvalue weighted by molar-refractivity contribution is 5.57. The Hall–Kier alpha value is -1.65. The third kappa shape index (κ3) is 2.42. The molecular weight excluding hydrogens is 180 g/mol. The molecule has 0 aliphatic carbocycles. The summed E-state index contributed by atoms with van der Waals surface area (Å²) in [5.41, 5.74) is 0.394. The second-order valence-electron chi connectivity index (χ2n) is 3.35. The maximum atomic E-state index is 11.2. The van der Waals surface area contributed by atoms with Crippen LogP contribution in [0.15, 0.2) is 16.0 Å². The van der Waals surface area contributed by atoms with Crippen LogP contribution in [0.5, 0.6) is 0 Å². The van der Waals surface area contributed by atoms with Crippen LogP contribution >= 0.6 is 0 Å². The molecular formula is C9H14N4O. The molecule has 0 spiro atoms. The number of hydrogen-bond donors (Lipinski definition) is 0. The molecule has 1 heterocycles. The molecule has 1 rings (SSSR count). The summed E-state index contributed by atoms with van der Waals surface area (Å²) in [7, 11) is 5.52. The van der Waals surface area contributed by atoms with E-state index in [-0.39, 0.29) is 5.56 Å². The van der Waals surface area contributed by atoms with E-state index in [1.54, 1.807) is 28.9 Å². The Labute approximate surface area is 82.7 Å². The van der Waals surface area contributed by atoms with E-state index in [0.717, 1.165) is 0 Å². The highest BCUT2D eigenvalue weighted by Gasteiger charge is 1.99. The summed E-state index contributed by atoms with van der Waals surface area (Å²) < 4.78 is 1.72. The fraction of sp³-hybridized carbons (Fsp3) is 0.444. The van der Waals surface area contributed by atoms with Crippen molar-refractivity contribution in [1.29, 1.82) is 0 Å². The molecule has 5 nitrogen and oxygen atoms in total. The maximum Gasteiger partial charge on any atom is 0.277 e. The number of aliphatic imine (C=N–C) groups is 1. The summed E-state index contributed by atoms with van der Waals surface area (Å²) in [5.74, 6) is 0.411. The minimum Gasteiger partial charge on any atom is -0.369 e. The Morgan fingerprint density at radius 2 is 2.21 bits per heavy atom. The second kappa shape index (κ2) is 4.04. The highest BCUT2D eigenvalue weighted by atomic mass is 16.1. The average molecular weight is 194 g/mol. The molecule has 0 unspecified atom stereocenters. The average Bonchev–Trinajstić information content (AvgIpc) is 2.09. The van der Waals surface area contributed by atoms with Crippen molar-refractivity contribution in [2.45, 2.75) is 6.92 Å². The van der Waals surface area contributed by atoms with Gasteiger partial charge < -0.3 is 9.47 Å². The predicted molar refractivity (Wildman–Crippen MR) is 56.1 cm³/mol. The van der Waals surface area contributed by atoms with Crippen LogP contribution < -0.4 is 5.56 Å². The van der Waals surface area contributed by atoms with E-state index in [9.17, 15) is 4.79 Å². The lowest BCUT2D eigenvalue weighted by molar-refractivity contribution is 0.641. The Kier molecular flexibility index (Phi) is 3.01. The Morgan fingerprint density at radius 1 is 1.57 bits per heavy atom. The third-order valence-corrected chi connectivity index (χ3v) is 1.65. The summed E-state index contributed by atoms with van der Waals surface area (Å²) in [6.45, 7) is 1.73. The van der Waals surface area contributed by atoms with Crippen LogP contribution in [0.4, 0.5) is 5.95 Å². The number of hydrogen-bond acceptors (Lipinski definition) is 3. The van der Waals surface area contributed by atoms with Crippen molar-refractivity contribution in [3.8, 4) is 0 Å². The van der Waals surface area contributed by atoms with E-state index in [1.165, 1.54) is 0 Å². The molecule has 0 N–H and O–H groups in total. The van der Waals surface area contributed by atoms with E-state index < -0.39 is 0 Å². The zero-order valence-electron chi connectivity index (χ0n) is 8.85. The first-order valence-electron chi connectivity index (χ1n) is 4.25. The molecule has 0 atom stereocenters.